The molecule has 100 valence electrons. The van der Waals surface area contributed by atoms with E-state index >= 15 is 0 Å². The summed E-state index contributed by atoms with van der Waals surface area (Å²) in [6.45, 7) is 5.51. The van der Waals surface area contributed by atoms with Crippen molar-refractivity contribution in [2.75, 3.05) is 18.9 Å². The summed E-state index contributed by atoms with van der Waals surface area (Å²) in [4.78, 5) is 13.7. The first-order chi connectivity index (χ1) is 8.56. The molecule has 0 aliphatic rings. The number of anilines is 1. The molecule has 0 saturated carbocycles. The summed E-state index contributed by atoms with van der Waals surface area (Å²) in [6.07, 6.45) is 1.07. The molecule has 3 N–H and O–H groups in total. The molecule has 1 aromatic carbocycles. The van der Waals surface area contributed by atoms with Gasteiger partial charge < -0.3 is 16.0 Å². The number of urea groups is 1. The monoisotopic (exact) mass is 249 g/mol. The summed E-state index contributed by atoms with van der Waals surface area (Å²) >= 11 is 0. The molecule has 0 radical (unpaired) electrons. The van der Waals surface area contributed by atoms with Crippen LogP contribution in [-0.4, -0.2) is 24.5 Å². The predicted octanol–water partition coefficient (Wildman–Crippen LogP) is 2.66. The number of hydrogen-bond acceptors (Lipinski definition) is 2. The number of benzene rings is 1. The summed E-state index contributed by atoms with van der Waals surface area (Å²) in [5.41, 5.74) is 7.37. The number of carbonyl (C=O) groups is 1. The lowest BCUT2D eigenvalue weighted by Gasteiger charge is -2.21. The van der Waals surface area contributed by atoms with Crippen LogP contribution in [0.5, 0.6) is 0 Å². The Balaban J connectivity index is 2.57. The SMILES string of the molecule is CCC(C)CN(C)C(=O)Nc1cccc(CN)c1. The smallest absolute Gasteiger partial charge is 0.321 e. The van der Waals surface area contributed by atoms with E-state index < -0.39 is 0 Å². The minimum absolute atomic E-state index is 0.0792. The summed E-state index contributed by atoms with van der Waals surface area (Å²) in [5, 5.41) is 2.88. The molecule has 0 spiro atoms. The third-order valence-corrected chi connectivity index (χ3v) is 3.04. The molecule has 1 unspecified atom stereocenters. The van der Waals surface area contributed by atoms with Gasteiger partial charge in [0, 0.05) is 25.8 Å². The van der Waals surface area contributed by atoms with Crippen molar-refractivity contribution < 1.29 is 4.79 Å². The zero-order chi connectivity index (χ0) is 13.5. The standard InChI is InChI=1S/C14H23N3O/c1-4-11(2)10-17(3)14(18)16-13-7-5-6-12(8-13)9-15/h5-8,11H,4,9-10,15H2,1-3H3,(H,16,18). The lowest BCUT2D eigenvalue weighted by molar-refractivity contribution is 0.215. The van der Waals surface area contributed by atoms with Gasteiger partial charge in [-0.2, -0.15) is 0 Å². The van der Waals surface area contributed by atoms with Crippen molar-refractivity contribution in [2.24, 2.45) is 11.7 Å². The van der Waals surface area contributed by atoms with E-state index in [2.05, 4.69) is 19.2 Å². The Labute approximate surface area is 109 Å². The van der Waals surface area contributed by atoms with E-state index in [1.165, 1.54) is 0 Å². The third kappa shape index (κ3) is 4.37. The minimum Gasteiger partial charge on any atom is -0.327 e. The second kappa shape index (κ2) is 7.01. The summed E-state index contributed by atoms with van der Waals surface area (Å²) in [6, 6.07) is 7.53. The van der Waals surface area contributed by atoms with E-state index in [1.807, 2.05) is 31.3 Å². The highest BCUT2D eigenvalue weighted by Gasteiger charge is 2.11. The van der Waals surface area contributed by atoms with Crippen LogP contribution in [0.4, 0.5) is 10.5 Å². The van der Waals surface area contributed by atoms with Crippen LogP contribution in [0.1, 0.15) is 25.8 Å². The van der Waals surface area contributed by atoms with Gasteiger partial charge >= 0.3 is 6.03 Å². The van der Waals surface area contributed by atoms with Gasteiger partial charge in [-0.15, -0.1) is 0 Å². The first kappa shape index (κ1) is 14.5. The minimum atomic E-state index is -0.0792. The van der Waals surface area contributed by atoms with Gasteiger partial charge in [-0.1, -0.05) is 32.4 Å². The Morgan fingerprint density at radius 3 is 2.83 bits per heavy atom. The summed E-state index contributed by atoms with van der Waals surface area (Å²) in [7, 11) is 1.81. The zero-order valence-electron chi connectivity index (χ0n) is 11.4. The van der Waals surface area contributed by atoms with Crippen molar-refractivity contribution in [3.05, 3.63) is 29.8 Å². The molecule has 0 aromatic heterocycles. The fraction of sp³-hybridized carbons (Fsp3) is 0.500. The van der Waals surface area contributed by atoms with Crippen LogP contribution in [0.15, 0.2) is 24.3 Å². The van der Waals surface area contributed by atoms with Crippen LogP contribution >= 0.6 is 0 Å². The molecule has 2 amide bonds. The molecular weight excluding hydrogens is 226 g/mol. The highest BCUT2D eigenvalue weighted by atomic mass is 16.2. The second-order valence-corrected chi connectivity index (χ2v) is 4.73. The molecule has 1 aromatic rings. The largest absolute Gasteiger partial charge is 0.327 e. The van der Waals surface area contributed by atoms with Crippen LogP contribution in [0.2, 0.25) is 0 Å². The lowest BCUT2D eigenvalue weighted by atomic mass is 10.1. The number of carbonyl (C=O) groups excluding carboxylic acids is 1. The van der Waals surface area contributed by atoms with Crippen LogP contribution in [0, 0.1) is 5.92 Å². The van der Waals surface area contributed by atoms with Gasteiger partial charge in [0.1, 0.15) is 0 Å². The Bertz CT molecular complexity index is 392. The first-order valence-corrected chi connectivity index (χ1v) is 6.38. The molecule has 4 nitrogen and oxygen atoms in total. The molecule has 0 saturated heterocycles. The number of amides is 2. The van der Waals surface area contributed by atoms with Crippen LogP contribution in [-0.2, 0) is 6.54 Å². The normalized spacial score (nSPS) is 12.0. The average molecular weight is 249 g/mol. The van der Waals surface area contributed by atoms with Crippen LogP contribution < -0.4 is 11.1 Å². The fourth-order valence-corrected chi connectivity index (χ4v) is 1.67. The highest BCUT2D eigenvalue weighted by Crippen LogP contribution is 2.11. The van der Waals surface area contributed by atoms with Gasteiger partial charge in [0.2, 0.25) is 0 Å². The number of nitrogens with two attached hydrogens (primary N) is 1. The highest BCUT2D eigenvalue weighted by molar-refractivity contribution is 5.89. The Kier molecular flexibility index (Phi) is 5.65. The van der Waals surface area contributed by atoms with E-state index in [-0.39, 0.29) is 6.03 Å². The molecule has 18 heavy (non-hydrogen) atoms. The van der Waals surface area contributed by atoms with Gasteiger partial charge in [0.15, 0.2) is 0 Å². The van der Waals surface area contributed by atoms with E-state index in [0.717, 1.165) is 24.2 Å². The maximum atomic E-state index is 11.9. The first-order valence-electron chi connectivity index (χ1n) is 6.38. The average Bonchev–Trinajstić information content (AvgIpc) is 2.38. The number of rotatable bonds is 5. The van der Waals surface area contributed by atoms with Gasteiger partial charge in [0.05, 0.1) is 0 Å². The summed E-state index contributed by atoms with van der Waals surface area (Å²) < 4.78 is 0. The van der Waals surface area contributed by atoms with Gasteiger partial charge in [-0.25, -0.2) is 4.79 Å². The van der Waals surface area contributed by atoms with Crippen molar-refractivity contribution in [3.8, 4) is 0 Å². The van der Waals surface area contributed by atoms with Gasteiger partial charge in [0.25, 0.3) is 0 Å². The maximum Gasteiger partial charge on any atom is 0.321 e. The van der Waals surface area contributed by atoms with E-state index in [1.54, 1.807) is 4.90 Å². The third-order valence-electron chi connectivity index (χ3n) is 3.04. The Morgan fingerprint density at radius 2 is 2.22 bits per heavy atom. The second-order valence-electron chi connectivity index (χ2n) is 4.73. The quantitative estimate of drug-likeness (QED) is 0.843. The van der Waals surface area contributed by atoms with E-state index in [4.69, 9.17) is 5.73 Å². The predicted molar refractivity (Wildman–Crippen MR) is 75.4 cm³/mol. The van der Waals surface area contributed by atoms with Crippen molar-refractivity contribution in [1.29, 1.82) is 0 Å². The molecule has 1 rings (SSSR count). The number of hydrogen-bond donors (Lipinski definition) is 2. The molecule has 0 heterocycles. The van der Waals surface area contributed by atoms with Crippen molar-refractivity contribution in [3.63, 3.8) is 0 Å². The topological polar surface area (TPSA) is 58.4 Å². The molecule has 0 bridgehead atoms. The van der Waals surface area contributed by atoms with Crippen LogP contribution in [0.25, 0.3) is 0 Å². The molecule has 1 atom stereocenters. The number of nitrogens with zero attached hydrogens (tertiary/aromatic N) is 1. The van der Waals surface area contributed by atoms with Crippen molar-refractivity contribution >= 4 is 11.7 Å². The molecule has 0 aliphatic carbocycles. The van der Waals surface area contributed by atoms with Crippen molar-refractivity contribution in [1.82, 2.24) is 4.90 Å². The van der Waals surface area contributed by atoms with E-state index in [9.17, 15) is 4.79 Å². The molecule has 4 heteroatoms. The van der Waals surface area contributed by atoms with Crippen molar-refractivity contribution in [2.45, 2.75) is 26.8 Å². The molecular formula is C14H23N3O. The molecule has 0 aliphatic heterocycles. The maximum absolute atomic E-state index is 11.9. The lowest BCUT2D eigenvalue weighted by Crippen LogP contribution is -2.34. The fourth-order valence-electron chi connectivity index (χ4n) is 1.67. The van der Waals surface area contributed by atoms with E-state index in [0.29, 0.717) is 12.5 Å². The van der Waals surface area contributed by atoms with Gasteiger partial charge in [-0.3, -0.25) is 0 Å². The Morgan fingerprint density at radius 1 is 1.50 bits per heavy atom. The van der Waals surface area contributed by atoms with Crippen LogP contribution in [0.3, 0.4) is 0 Å². The van der Waals surface area contributed by atoms with Gasteiger partial charge in [-0.05, 0) is 23.6 Å². The zero-order valence-corrected chi connectivity index (χ0v) is 11.4. The Hall–Kier alpha value is -1.55. The molecule has 0 fully saturated rings. The summed E-state index contributed by atoms with van der Waals surface area (Å²) in [5.74, 6) is 0.510. The number of nitrogens with one attached hydrogen (secondary N) is 1.